The van der Waals surface area contributed by atoms with E-state index in [-0.39, 0.29) is 0 Å². The van der Waals surface area contributed by atoms with Crippen molar-refractivity contribution in [1.82, 2.24) is 10.2 Å². The zero-order chi connectivity index (χ0) is 11.8. The van der Waals surface area contributed by atoms with Crippen LogP contribution in [0.5, 0.6) is 0 Å². The molecule has 0 amide bonds. The van der Waals surface area contributed by atoms with Gasteiger partial charge in [-0.1, -0.05) is 32.6 Å². The van der Waals surface area contributed by atoms with E-state index in [4.69, 9.17) is 0 Å². The van der Waals surface area contributed by atoms with Crippen molar-refractivity contribution in [3.05, 3.63) is 0 Å². The maximum atomic E-state index is 3.33. The quantitative estimate of drug-likeness (QED) is 0.718. The summed E-state index contributed by atoms with van der Waals surface area (Å²) in [6.45, 7) is 4.74. The lowest BCUT2D eigenvalue weighted by Crippen LogP contribution is -2.41. The van der Waals surface area contributed by atoms with Crippen LogP contribution in [0.2, 0.25) is 0 Å². The fraction of sp³-hybridized carbons (Fsp3) is 1.00. The molecule has 1 aliphatic carbocycles. The monoisotopic (exact) mass is 226 g/mol. The van der Waals surface area contributed by atoms with E-state index in [1.807, 2.05) is 0 Å². The molecule has 0 radical (unpaired) electrons. The predicted molar refractivity (Wildman–Crippen MR) is 71.8 cm³/mol. The lowest BCUT2D eigenvalue weighted by Gasteiger charge is -2.32. The van der Waals surface area contributed by atoms with Crippen LogP contribution in [0, 0.1) is 5.92 Å². The molecule has 1 atom stereocenters. The van der Waals surface area contributed by atoms with E-state index in [1.54, 1.807) is 0 Å². The molecule has 0 aromatic carbocycles. The van der Waals surface area contributed by atoms with Crippen molar-refractivity contribution in [1.29, 1.82) is 0 Å². The Morgan fingerprint density at radius 3 is 2.50 bits per heavy atom. The molecule has 1 fully saturated rings. The highest BCUT2D eigenvalue weighted by molar-refractivity contribution is 4.75. The molecular formula is C14H30N2. The lowest BCUT2D eigenvalue weighted by atomic mass is 9.88. The number of nitrogens with one attached hydrogen (secondary N) is 1. The second kappa shape index (κ2) is 8.08. The van der Waals surface area contributed by atoms with E-state index in [9.17, 15) is 0 Å². The van der Waals surface area contributed by atoms with Gasteiger partial charge in [-0.3, -0.25) is 0 Å². The van der Waals surface area contributed by atoms with Crippen molar-refractivity contribution in [2.75, 3.05) is 27.2 Å². The summed E-state index contributed by atoms with van der Waals surface area (Å²) in [4.78, 5) is 2.59. The highest BCUT2D eigenvalue weighted by Gasteiger charge is 2.19. The first kappa shape index (κ1) is 14.0. The molecule has 96 valence electrons. The van der Waals surface area contributed by atoms with Gasteiger partial charge in [0.1, 0.15) is 0 Å². The zero-order valence-electron chi connectivity index (χ0n) is 11.5. The maximum Gasteiger partial charge on any atom is 0.0217 e. The fourth-order valence-electron chi connectivity index (χ4n) is 2.97. The fourth-order valence-corrected chi connectivity index (χ4v) is 2.97. The first-order valence-corrected chi connectivity index (χ1v) is 7.12. The van der Waals surface area contributed by atoms with Gasteiger partial charge in [-0.2, -0.15) is 0 Å². The molecule has 0 spiro atoms. The second-order valence-corrected chi connectivity index (χ2v) is 5.44. The summed E-state index contributed by atoms with van der Waals surface area (Å²) < 4.78 is 0. The van der Waals surface area contributed by atoms with Crippen LogP contribution in [0.3, 0.4) is 0 Å². The third kappa shape index (κ3) is 4.84. The Kier molecular flexibility index (Phi) is 7.06. The van der Waals surface area contributed by atoms with E-state index in [0.717, 1.165) is 18.5 Å². The minimum absolute atomic E-state index is 0.733. The first-order valence-electron chi connectivity index (χ1n) is 7.12. The van der Waals surface area contributed by atoms with E-state index in [2.05, 4.69) is 31.2 Å². The molecule has 1 unspecified atom stereocenters. The lowest BCUT2D eigenvalue weighted by molar-refractivity contribution is 0.172. The summed E-state index contributed by atoms with van der Waals surface area (Å²) in [6.07, 6.45) is 9.93. The van der Waals surface area contributed by atoms with Gasteiger partial charge < -0.3 is 10.2 Å². The molecule has 0 aliphatic heterocycles. The normalized spacial score (nSPS) is 20.2. The van der Waals surface area contributed by atoms with E-state index in [1.165, 1.54) is 51.5 Å². The molecule has 2 heteroatoms. The highest BCUT2D eigenvalue weighted by atomic mass is 15.1. The van der Waals surface area contributed by atoms with Gasteiger partial charge in [-0.25, -0.2) is 0 Å². The first-order chi connectivity index (χ1) is 7.77. The van der Waals surface area contributed by atoms with Gasteiger partial charge in [0.05, 0.1) is 0 Å². The summed E-state index contributed by atoms with van der Waals surface area (Å²) in [5.74, 6) is 0.968. The SMILES string of the molecule is CCCC(CNC)N(C)CC1CCCCC1. The molecular weight excluding hydrogens is 196 g/mol. The minimum atomic E-state index is 0.733. The zero-order valence-corrected chi connectivity index (χ0v) is 11.5. The summed E-state index contributed by atoms with van der Waals surface area (Å²) in [5, 5.41) is 3.33. The number of hydrogen-bond donors (Lipinski definition) is 1. The molecule has 0 bridgehead atoms. The Hall–Kier alpha value is -0.0800. The molecule has 0 aromatic heterocycles. The smallest absolute Gasteiger partial charge is 0.0217 e. The van der Waals surface area contributed by atoms with Crippen molar-refractivity contribution >= 4 is 0 Å². The molecule has 1 N–H and O–H groups in total. The Morgan fingerprint density at radius 2 is 1.94 bits per heavy atom. The van der Waals surface area contributed by atoms with Crippen LogP contribution in [0.15, 0.2) is 0 Å². The maximum absolute atomic E-state index is 3.33. The molecule has 0 saturated heterocycles. The van der Waals surface area contributed by atoms with Crippen LogP contribution in [0.1, 0.15) is 51.9 Å². The summed E-state index contributed by atoms with van der Waals surface area (Å²) in [6, 6.07) is 0.733. The Bertz CT molecular complexity index is 158. The van der Waals surface area contributed by atoms with Gasteiger partial charge in [0.2, 0.25) is 0 Å². The number of rotatable bonds is 7. The van der Waals surface area contributed by atoms with Crippen molar-refractivity contribution in [2.24, 2.45) is 5.92 Å². The van der Waals surface area contributed by atoms with Crippen LogP contribution >= 0.6 is 0 Å². The molecule has 0 heterocycles. The highest BCUT2D eigenvalue weighted by Crippen LogP contribution is 2.24. The summed E-state index contributed by atoms with van der Waals surface area (Å²) in [7, 11) is 4.38. The standard InChI is InChI=1S/C14H30N2/c1-4-8-14(11-15-2)16(3)12-13-9-6-5-7-10-13/h13-15H,4-12H2,1-3H3. The van der Waals surface area contributed by atoms with Gasteiger partial charge >= 0.3 is 0 Å². The van der Waals surface area contributed by atoms with Crippen molar-refractivity contribution in [3.8, 4) is 0 Å². The van der Waals surface area contributed by atoms with Crippen LogP contribution in [-0.4, -0.2) is 38.1 Å². The topological polar surface area (TPSA) is 15.3 Å². The third-order valence-electron chi connectivity index (χ3n) is 3.96. The van der Waals surface area contributed by atoms with Gasteiger partial charge in [-0.05, 0) is 39.3 Å². The van der Waals surface area contributed by atoms with E-state index >= 15 is 0 Å². The number of likely N-dealkylation sites (N-methyl/N-ethyl adjacent to an activating group) is 2. The van der Waals surface area contributed by atoms with Crippen molar-refractivity contribution in [3.63, 3.8) is 0 Å². The molecule has 0 aromatic rings. The molecule has 16 heavy (non-hydrogen) atoms. The van der Waals surface area contributed by atoms with Gasteiger partial charge in [-0.15, -0.1) is 0 Å². The number of hydrogen-bond acceptors (Lipinski definition) is 2. The average Bonchev–Trinajstić information content (AvgIpc) is 2.30. The molecule has 1 aliphatic rings. The Morgan fingerprint density at radius 1 is 1.25 bits per heavy atom. The second-order valence-electron chi connectivity index (χ2n) is 5.44. The van der Waals surface area contributed by atoms with E-state index < -0.39 is 0 Å². The predicted octanol–water partition coefficient (Wildman–Crippen LogP) is 2.89. The molecule has 1 rings (SSSR count). The third-order valence-corrected chi connectivity index (χ3v) is 3.96. The van der Waals surface area contributed by atoms with Gasteiger partial charge in [0, 0.05) is 19.1 Å². The average molecular weight is 226 g/mol. The summed E-state index contributed by atoms with van der Waals surface area (Å²) in [5.41, 5.74) is 0. The Balaban J connectivity index is 2.31. The van der Waals surface area contributed by atoms with Crippen molar-refractivity contribution < 1.29 is 0 Å². The van der Waals surface area contributed by atoms with Gasteiger partial charge in [0.15, 0.2) is 0 Å². The largest absolute Gasteiger partial charge is 0.318 e. The number of nitrogens with zero attached hydrogens (tertiary/aromatic N) is 1. The molecule has 2 nitrogen and oxygen atoms in total. The van der Waals surface area contributed by atoms with Crippen LogP contribution in [0.25, 0.3) is 0 Å². The van der Waals surface area contributed by atoms with E-state index in [0.29, 0.717) is 0 Å². The van der Waals surface area contributed by atoms with Crippen LogP contribution < -0.4 is 5.32 Å². The van der Waals surface area contributed by atoms with Crippen LogP contribution in [0.4, 0.5) is 0 Å². The minimum Gasteiger partial charge on any atom is -0.318 e. The Labute approximate surface area is 102 Å². The van der Waals surface area contributed by atoms with Crippen LogP contribution in [-0.2, 0) is 0 Å². The van der Waals surface area contributed by atoms with Crippen molar-refractivity contribution in [2.45, 2.75) is 57.9 Å². The van der Waals surface area contributed by atoms with Gasteiger partial charge in [0.25, 0.3) is 0 Å². The molecule has 1 saturated carbocycles. The summed E-state index contributed by atoms with van der Waals surface area (Å²) >= 11 is 0.